The molecule has 1 rings (SSSR count). The van der Waals surface area contributed by atoms with Crippen LogP contribution in [0.15, 0.2) is 18.2 Å². The predicted molar refractivity (Wildman–Crippen MR) is 64.3 cm³/mol. The predicted octanol–water partition coefficient (Wildman–Crippen LogP) is 3.18. The molecule has 0 atom stereocenters. The molecule has 2 nitrogen and oxygen atoms in total. The molecule has 0 aliphatic heterocycles. The average Bonchev–Trinajstić information content (AvgIpc) is 2.17. The van der Waals surface area contributed by atoms with E-state index in [1.165, 1.54) is 0 Å². The van der Waals surface area contributed by atoms with E-state index in [9.17, 15) is 5.11 Å². The lowest BCUT2D eigenvalue weighted by atomic mass is 10.1. The van der Waals surface area contributed by atoms with E-state index in [0.29, 0.717) is 23.2 Å². The van der Waals surface area contributed by atoms with Gasteiger partial charge < -0.3 is 10.4 Å². The first-order chi connectivity index (χ1) is 7.09. The van der Waals surface area contributed by atoms with Crippen molar-refractivity contribution in [3.8, 4) is 5.75 Å². The van der Waals surface area contributed by atoms with Crippen molar-refractivity contribution in [2.45, 2.75) is 26.8 Å². The van der Waals surface area contributed by atoms with E-state index >= 15 is 0 Å². The van der Waals surface area contributed by atoms with Crippen LogP contribution in [0.1, 0.15) is 25.8 Å². The summed E-state index contributed by atoms with van der Waals surface area (Å²) in [5, 5.41) is 13.5. The van der Waals surface area contributed by atoms with Crippen LogP contribution >= 0.6 is 11.6 Å². The van der Waals surface area contributed by atoms with E-state index in [-0.39, 0.29) is 0 Å². The second kappa shape index (κ2) is 5.99. The molecule has 0 amide bonds. The van der Waals surface area contributed by atoms with E-state index in [2.05, 4.69) is 19.2 Å². The summed E-state index contributed by atoms with van der Waals surface area (Å²) >= 11 is 5.84. The summed E-state index contributed by atoms with van der Waals surface area (Å²) in [6, 6.07) is 5.11. The van der Waals surface area contributed by atoms with Crippen molar-refractivity contribution >= 4 is 11.6 Å². The molecule has 0 spiro atoms. The first-order valence-electron chi connectivity index (χ1n) is 5.27. The quantitative estimate of drug-likeness (QED) is 0.758. The van der Waals surface area contributed by atoms with Crippen LogP contribution in [0.2, 0.25) is 5.02 Å². The highest BCUT2D eigenvalue weighted by molar-refractivity contribution is 6.30. The van der Waals surface area contributed by atoms with Gasteiger partial charge in [0.25, 0.3) is 0 Å². The molecule has 15 heavy (non-hydrogen) atoms. The van der Waals surface area contributed by atoms with Gasteiger partial charge in [-0.3, -0.25) is 0 Å². The molecule has 1 aromatic carbocycles. The summed E-state index contributed by atoms with van der Waals surface area (Å²) in [7, 11) is 0. The standard InChI is InChI=1S/C12H18ClNO/c1-9(2)5-6-14-8-10-7-11(13)3-4-12(10)15/h3-4,7,9,14-15H,5-6,8H2,1-2H3. The van der Waals surface area contributed by atoms with E-state index in [1.807, 2.05) is 0 Å². The number of phenols is 1. The van der Waals surface area contributed by atoms with E-state index in [4.69, 9.17) is 11.6 Å². The van der Waals surface area contributed by atoms with Crippen LogP contribution in [-0.4, -0.2) is 11.7 Å². The molecule has 0 saturated carbocycles. The second-order valence-electron chi connectivity index (χ2n) is 4.13. The van der Waals surface area contributed by atoms with Gasteiger partial charge in [-0.05, 0) is 37.1 Å². The molecule has 3 heteroatoms. The lowest BCUT2D eigenvalue weighted by Gasteiger charge is -2.08. The molecule has 0 heterocycles. The summed E-state index contributed by atoms with van der Waals surface area (Å²) in [5.74, 6) is 1.00. The van der Waals surface area contributed by atoms with Crippen molar-refractivity contribution in [3.63, 3.8) is 0 Å². The Morgan fingerprint density at radius 1 is 1.40 bits per heavy atom. The Kier molecular flexibility index (Phi) is 4.92. The van der Waals surface area contributed by atoms with Crippen LogP contribution in [0.25, 0.3) is 0 Å². The molecular weight excluding hydrogens is 210 g/mol. The number of aromatic hydroxyl groups is 1. The Labute approximate surface area is 96.3 Å². The van der Waals surface area contributed by atoms with Gasteiger partial charge in [0.2, 0.25) is 0 Å². The van der Waals surface area contributed by atoms with Gasteiger partial charge in [-0.1, -0.05) is 25.4 Å². The summed E-state index contributed by atoms with van der Waals surface area (Å²) in [6.45, 7) is 6.01. The molecule has 0 saturated heterocycles. The fourth-order valence-corrected chi connectivity index (χ4v) is 1.50. The van der Waals surface area contributed by atoms with Gasteiger partial charge in [-0.15, -0.1) is 0 Å². The Morgan fingerprint density at radius 3 is 2.80 bits per heavy atom. The lowest BCUT2D eigenvalue weighted by Crippen LogP contribution is -2.16. The second-order valence-corrected chi connectivity index (χ2v) is 4.57. The molecule has 0 aliphatic rings. The van der Waals surface area contributed by atoms with Crippen molar-refractivity contribution in [1.82, 2.24) is 5.32 Å². The number of benzene rings is 1. The molecule has 2 N–H and O–H groups in total. The fourth-order valence-electron chi connectivity index (χ4n) is 1.31. The minimum atomic E-state index is 0.302. The van der Waals surface area contributed by atoms with Crippen LogP contribution in [0.3, 0.4) is 0 Å². The number of nitrogens with one attached hydrogen (secondary N) is 1. The fraction of sp³-hybridized carbons (Fsp3) is 0.500. The average molecular weight is 228 g/mol. The molecule has 84 valence electrons. The van der Waals surface area contributed by atoms with Crippen LogP contribution in [0.5, 0.6) is 5.75 Å². The Balaban J connectivity index is 2.40. The number of hydrogen-bond acceptors (Lipinski definition) is 2. The zero-order chi connectivity index (χ0) is 11.3. The van der Waals surface area contributed by atoms with Gasteiger partial charge in [0.15, 0.2) is 0 Å². The summed E-state index contributed by atoms with van der Waals surface area (Å²) in [6.07, 6.45) is 1.14. The molecule has 0 aromatic heterocycles. The minimum Gasteiger partial charge on any atom is -0.508 e. The van der Waals surface area contributed by atoms with Gasteiger partial charge in [-0.2, -0.15) is 0 Å². The highest BCUT2D eigenvalue weighted by Crippen LogP contribution is 2.21. The Hall–Kier alpha value is -0.730. The van der Waals surface area contributed by atoms with E-state index < -0.39 is 0 Å². The van der Waals surface area contributed by atoms with Gasteiger partial charge in [0, 0.05) is 17.1 Å². The number of rotatable bonds is 5. The molecular formula is C12H18ClNO. The van der Waals surface area contributed by atoms with Gasteiger partial charge in [0.1, 0.15) is 5.75 Å². The van der Waals surface area contributed by atoms with Crippen molar-refractivity contribution in [2.75, 3.05) is 6.54 Å². The van der Waals surface area contributed by atoms with Crippen molar-refractivity contribution in [1.29, 1.82) is 0 Å². The van der Waals surface area contributed by atoms with Gasteiger partial charge in [0.05, 0.1) is 0 Å². The topological polar surface area (TPSA) is 32.3 Å². The SMILES string of the molecule is CC(C)CCNCc1cc(Cl)ccc1O. The third-order valence-electron chi connectivity index (χ3n) is 2.26. The van der Waals surface area contributed by atoms with E-state index in [0.717, 1.165) is 18.5 Å². The first kappa shape index (κ1) is 12.3. The zero-order valence-corrected chi connectivity index (χ0v) is 10.0. The van der Waals surface area contributed by atoms with Crippen LogP contribution in [0, 0.1) is 5.92 Å². The van der Waals surface area contributed by atoms with Crippen molar-refractivity contribution < 1.29 is 5.11 Å². The largest absolute Gasteiger partial charge is 0.508 e. The number of phenolic OH excluding ortho intramolecular Hbond substituents is 1. The molecule has 0 fully saturated rings. The Morgan fingerprint density at radius 2 is 2.13 bits per heavy atom. The van der Waals surface area contributed by atoms with Crippen molar-refractivity contribution in [2.24, 2.45) is 5.92 Å². The van der Waals surface area contributed by atoms with Crippen LogP contribution in [0.4, 0.5) is 0 Å². The van der Waals surface area contributed by atoms with Gasteiger partial charge >= 0.3 is 0 Å². The summed E-state index contributed by atoms with van der Waals surface area (Å²) in [4.78, 5) is 0. The maximum atomic E-state index is 9.54. The van der Waals surface area contributed by atoms with Crippen LogP contribution < -0.4 is 5.32 Å². The number of halogens is 1. The molecule has 0 unspecified atom stereocenters. The monoisotopic (exact) mass is 227 g/mol. The normalized spacial score (nSPS) is 10.9. The molecule has 0 bridgehead atoms. The zero-order valence-electron chi connectivity index (χ0n) is 9.26. The van der Waals surface area contributed by atoms with Crippen LogP contribution in [-0.2, 0) is 6.54 Å². The van der Waals surface area contributed by atoms with Crippen molar-refractivity contribution in [3.05, 3.63) is 28.8 Å². The molecule has 0 radical (unpaired) electrons. The smallest absolute Gasteiger partial charge is 0.120 e. The minimum absolute atomic E-state index is 0.302. The maximum Gasteiger partial charge on any atom is 0.120 e. The maximum absolute atomic E-state index is 9.54. The molecule has 0 aliphatic carbocycles. The third-order valence-corrected chi connectivity index (χ3v) is 2.49. The summed E-state index contributed by atoms with van der Waals surface area (Å²) < 4.78 is 0. The van der Waals surface area contributed by atoms with E-state index in [1.54, 1.807) is 18.2 Å². The Bertz CT molecular complexity index is 312. The highest BCUT2D eigenvalue weighted by Gasteiger charge is 2.01. The number of hydrogen-bond donors (Lipinski definition) is 2. The third kappa shape index (κ3) is 4.54. The first-order valence-corrected chi connectivity index (χ1v) is 5.65. The van der Waals surface area contributed by atoms with Gasteiger partial charge in [-0.25, -0.2) is 0 Å². The lowest BCUT2D eigenvalue weighted by molar-refractivity contribution is 0.462. The molecule has 1 aromatic rings. The summed E-state index contributed by atoms with van der Waals surface area (Å²) in [5.41, 5.74) is 0.853. The highest BCUT2D eigenvalue weighted by atomic mass is 35.5.